The first-order valence-corrected chi connectivity index (χ1v) is 6.19. The predicted octanol–water partition coefficient (Wildman–Crippen LogP) is 2.12. The van der Waals surface area contributed by atoms with E-state index in [-0.39, 0.29) is 5.54 Å². The molecule has 0 radical (unpaired) electrons. The maximum Gasteiger partial charge on any atom is 0.0537 e. The first kappa shape index (κ1) is 14.2. The standard InChI is InChI=1S/C13H25N3O/c1-11-12(9-14-13(2,3)4)10-15-16(11)7-6-8-17-5/h10,14H,6-9H2,1-5H3. The molecule has 0 spiro atoms. The van der Waals surface area contributed by atoms with Gasteiger partial charge in [-0.1, -0.05) is 0 Å². The summed E-state index contributed by atoms with van der Waals surface area (Å²) in [6, 6.07) is 0. The van der Waals surface area contributed by atoms with Crippen LogP contribution in [0.1, 0.15) is 38.4 Å². The minimum Gasteiger partial charge on any atom is -0.385 e. The lowest BCUT2D eigenvalue weighted by molar-refractivity contribution is 0.188. The van der Waals surface area contributed by atoms with Crippen LogP contribution in [0.25, 0.3) is 0 Å². The minimum absolute atomic E-state index is 0.143. The van der Waals surface area contributed by atoms with Gasteiger partial charge in [-0.3, -0.25) is 4.68 Å². The van der Waals surface area contributed by atoms with E-state index in [1.807, 2.05) is 6.20 Å². The lowest BCUT2D eigenvalue weighted by Crippen LogP contribution is -2.35. The molecule has 98 valence electrons. The predicted molar refractivity (Wildman–Crippen MR) is 70.0 cm³/mol. The van der Waals surface area contributed by atoms with Crippen molar-refractivity contribution in [2.75, 3.05) is 13.7 Å². The van der Waals surface area contributed by atoms with Gasteiger partial charge in [0.1, 0.15) is 0 Å². The Morgan fingerprint density at radius 3 is 2.71 bits per heavy atom. The molecule has 1 rings (SSSR count). The quantitative estimate of drug-likeness (QED) is 0.773. The molecule has 0 saturated heterocycles. The molecule has 0 fully saturated rings. The Morgan fingerprint density at radius 1 is 1.41 bits per heavy atom. The number of nitrogens with zero attached hydrogens (tertiary/aromatic N) is 2. The number of aromatic nitrogens is 2. The Labute approximate surface area is 104 Å². The van der Waals surface area contributed by atoms with Gasteiger partial charge in [0.05, 0.1) is 6.20 Å². The van der Waals surface area contributed by atoms with Gasteiger partial charge in [0, 0.05) is 43.6 Å². The van der Waals surface area contributed by atoms with Crippen LogP contribution in [0, 0.1) is 6.92 Å². The van der Waals surface area contributed by atoms with Gasteiger partial charge in [-0.05, 0) is 34.1 Å². The van der Waals surface area contributed by atoms with E-state index in [2.05, 4.69) is 42.8 Å². The number of rotatable bonds is 6. The molecule has 0 aliphatic carbocycles. The third kappa shape index (κ3) is 4.88. The molecule has 0 saturated carbocycles. The fourth-order valence-corrected chi connectivity index (χ4v) is 1.60. The lowest BCUT2D eigenvalue weighted by atomic mass is 10.1. The van der Waals surface area contributed by atoms with Crippen molar-refractivity contribution < 1.29 is 4.74 Å². The summed E-state index contributed by atoms with van der Waals surface area (Å²) in [6.45, 7) is 11.2. The second-order valence-electron chi connectivity index (χ2n) is 5.43. The van der Waals surface area contributed by atoms with Crippen molar-refractivity contribution in [3.8, 4) is 0 Å². The van der Waals surface area contributed by atoms with Gasteiger partial charge in [-0.15, -0.1) is 0 Å². The number of hydrogen-bond acceptors (Lipinski definition) is 3. The zero-order chi connectivity index (χ0) is 12.9. The second-order valence-corrected chi connectivity index (χ2v) is 5.43. The summed E-state index contributed by atoms with van der Waals surface area (Å²) in [4.78, 5) is 0. The number of methoxy groups -OCH3 is 1. The fourth-order valence-electron chi connectivity index (χ4n) is 1.60. The Kier molecular flexibility index (Phi) is 5.15. The highest BCUT2D eigenvalue weighted by atomic mass is 16.5. The molecule has 0 aliphatic rings. The van der Waals surface area contributed by atoms with Gasteiger partial charge in [0.15, 0.2) is 0 Å². The SMILES string of the molecule is COCCCn1ncc(CNC(C)(C)C)c1C. The molecule has 17 heavy (non-hydrogen) atoms. The number of ether oxygens (including phenoxy) is 1. The van der Waals surface area contributed by atoms with E-state index in [0.717, 1.165) is 26.1 Å². The van der Waals surface area contributed by atoms with Gasteiger partial charge in [-0.25, -0.2) is 0 Å². The molecule has 0 unspecified atom stereocenters. The molecule has 0 atom stereocenters. The highest BCUT2D eigenvalue weighted by Gasteiger charge is 2.11. The Balaban J connectivity index is 2.52. The van der Waals surface area contributed by atoms with Gasteiger partial charge in [0.25, 0.3) is 0 Å². The van der Waals surface area contributed by atoms with Crippen molar-refractivity contribution in [3.05, 3.63) is 17.5 Å². The van der Waals surface area contributed by atoms with Crippen molar-refractivity contribution in [1.29, 1.82) is 0 Å². The van der Waals surface area contributed by atoms with Crippen molar-refractivity contribution in [3.63, 3.8) is 0 Å². The largest absolute Gasteiger partial charge is 0.385 e. The summed E-state index contributed by atoms with van der Waals surface area (Å²) < 4.78 is 7.10. The molecule has 1 N–H and O–H groups in total. The molecule has 1 aromatic heterocycles. The molecule has 1 aromatic rings. The second kappa shape index (κ2) is 6.17. The van der Waals surface area contributed by atoms with Gasteiger partial charge in [0.2, 0.25) is 0 Å². The third-order valence-corrected chi connectivity index (χ3v) is 2.73. The number of hydrogen-bond donors (Lipinski definition) is 1. The zero-order valence-corrected chi connectivity index (χ0v) is 11.7. The van der Waals surface area contributed by atoms with E-state index in [9.17, 15) is 0 Å². The smallest absolute Gasteiger partial charge is 0.0537 e. The molecular weight excluding hydrogens is 214 g/mol. The highest BCUT2D eigenvalue weighted by Crippen LogP contribution is 2.09. The van der Waals surface area contributed by atoms with Gasteiger partial charge in [-0.2, -0.15) is 5.10 Å². The maximum absolute atomic E-state index is 5.05. The summed E-state index contributed by atoms with van der Waals surface area (Å²) in [5.74, 6) is 0. The first-order valence-electron chi connectivity index (χ1n) is 6.19. The van der Waals surface area contributed by atoms with Crippen LogP contribution in [0.15, 0.2) is 6.20 Å². The van der Waals surface area contributed by atoms with Crippen molar-refractivity contribution >= 4 is 0 Å². The summed E-state index contributed by atoms with van der Waals surface area (Å²) >= 11 is 0. The minimum atomic E-state index is 0.143. The van der Waals surface area contributed by atoms with E-state index in [1.54, 1.807) is 7.11 Å². The fraction of sp³-hybridized carbons (Fsp3) is 0.769. The zero-order valence-electron chi connectivity index (χ0n) is 11.7. The maximum atomic E-state index is 5.05. The number of aryl methyl sites for hydroxylation is 1. The molecule has 4 heteroatoms. The molecule has 0 aliphatic heterocycles. The summed E-state index contributed by atoms with van der Waals surface area (Å²) in [5, 5.41) is 7.89. The summed E-state index contributed by atoms with van der Waals surface area (Å²) in [7, 11) is 1.73. The van der Waals surface area contributed by atoms with Crippen LogP contribution in [0.4, 0.5) is 0 Å². The van der Waals surface area contributed by atoms with Crippen LogP contribution in [0.3, 0.4) is 0 Å². The van der Waals surface area contributed by atoms with E-state index in [1.165, 1.54) is 11.3 Å². The van der Waals surface area contributed by atoms with Crippen LogP contribution in [0.5, 0.6) is 0 Å². The van der Waals surface area contributed by atoms with E-state index in [4.69, 9.17) is 4.74 Å². The van der Waals surface area contributed by atoms with Gasteiger partial charge < -0.3 is 10.1 Å². The average Bonchev–Trinajstić information content (AvgIpc) is 2.57. The van der Waals surface area contributed by atoms with Crippen molar-refractivity contribution in [2.24, 2.45) is 0 Å². The Bertz CT molecular complexity index is 339. The van der Waals surface area contributed by atoms with Crippen LogP contribution < -0.4 is 5.32 Å². The number of nitrogens with one attached hydrogen (secondary N) is 1. The Hall–Kier alpha value is -0.870. The summed E-state index contributed by atoms with van der Waals surface area (Å²) in [6.07, 6.45) is 2.96. The van der Waals surface area contributed by atoms with Crippen LogP contribution >= 0.6 is 0 Å². The average molecular weight is 239 g/mol. The van der Waals surface area contributed by atoms with Crippen LogP contribution in [0.2, 0.25) is 0 Å². The monoisotopic (exact) mass is 239 g/mol. The molecular formula is C13H25N3O. The highest BCUT2D eigenvalue weighted by molar-refractivity contribution is 5.16. The van der Waals surface area contributed by atoms with Crippen molar-refractivity contribution in [2.45, 2.75) is 52.7 Å². The van der Waals surface area contributed by atoms with Gasteiger partial charge >= 0.3 is 0 Å². The molecule has 1 heterocycles. The first-order chi connectivity index (χ1) is 7.94. The Morgan fingerprint density at radius 2 is 2.12 bits per heavy atom. The van der Waals surface area contributed by atoms with E-state index in [0.29, 0.717) is 0 Å². The van der Waals surface area contributed by atoms with Crippen LogP contribution in [-0.4, -0.2) is 29.0 Å². The van der Waals surface area contributed by atoms with Crippen molar-refractivity contribution in [1.82, 2.24) is 15.1 Å². The molecule has 0 bridgehead atoms. The topological polar surface area (TPSA) is 39.1 Å². The van der Waals surface area contributed by atoms with E-state index >= 15 is 0 Å². The van der Waals surface area contributed by atoms with E-state index < -0.39 is 0 Å². The third-order valence-electron chi connectivity index (χ3n) is 2.73. The molecule has 0 aromatic carbocycles. The molecule has 0 amide bonds. The lowest BCUT2D eigenvalue weighted by Gasteiger charge is -2.20. The van der Waals surface area contributed by atoms with Crippen LogP contribution in [-0.2, 0) is 17.8 Å². The molecule has 4 nitrogen and oxygen atoms in total. The summed E-state index contributed by atoms with van der Waals surface area (Å²) in [5.41, 5.74) is 2.67. The normalized spacial score (nSPS) is 12.1.